The lowest BCUT2D eigenvalue weighted by Gasteiger charge is -2.33. The molecule has 3 rings (SSSR count). The Balaban J connectivity index is 1.66. The van der Waals surface area contributed by atoms with Gasteiger partial charge in [0, 0.05) is 12.6 Å². The Morgan fingerprint density at radius 1 is 1.31 bits per heavy atom. The van der Waals surface area contributed by atoms with Gasteiger partial charge < -0.3 is 5.32 Å². The molecule has 2 heterocycles. The van der Waals surface area contributed by atoms with Gasteiger partial charge in [-0.15, -0.1) is 0 Å². The van der Waals surface area contributed by atoms with Crippen LogP contribution in [0.2, 0.25) is 0 Å². The topological polar surface area (TPSA) is 50.2 Å². The standard InChI is InChI=1S/C18H21F3N4O/c1-13-10-16(25(23-13)15-7-3-2-4-8-15)22-17(26)12-24-9-5-6-14(11-24)18(19,20)21/h2-4,7-8,10,14H,5-6,9,11-12H2,1H3,(H,22,26)/t14-/m1/s1. The van der Waals surface area contributed by atoms with Crippen molar-refractivity contribution in [1.82, 2.24) is 14.7 Å². The number of benzene rings is 1. The fourth-order valence-electron chi connectivity index (χ4n) is 3.21. The van der Waals surface area contributed by atoms with Crippen LogP contribution in [-0.2, 0) is 4.79 Å². The van der Waals surface area contributed by atoms with Crippen LogP contribution in [-0.4, -0.2) is 46.4 Å². The molecule has 1 atom stereocenters. The summed E-state index contributed by atoms with van der Waals surface area (Å²) < 4.78 is 40.3. The highest BCUT2D eigenvalue weighted by Gasteiger charge is 2.41. The number of nitrogens with zero attached hydrogens (tertiary/aromatic N) is 3. The van der Waals surface area contributed by atoms with E-state index in [1.54, 1.807) is 15.6 Å². The second kappa shape index (κ2) is 7.49. The van der Waals surface area contributed by atoms with Crippen LogP contribution in [0.3, 0.4) is 0 Å². The molecular formula is C18H21F3N4O. The Bertz CT molecular complexity index is 758. The van der Waals surface area contributed by atoms with Gasteiger partial charge in [0.25, 0.3) is 0 Å². The van der Waals surface area contributed by atoms with Gasteiger partial charge in [0.1, 0.15) is 5.82 Å². The molecule has 1 aliphatic rings. The molecule has 1 aliphatic heterocycles. The van der Waals surface area contributed by atoms with E-state index in [9.17, 15) is 18.0 Å². The lowest BCUT2D eigenvalue weighted by molar-refractivity contribution is -0.186. The second-order valence-electron chi connectivity index (χ2n) is 6.58. The normalized spacial score (nSPS) is 18.7. The van der Waals surface area contributed by atoms with Crippen molar-refractivity contribution in [3.8, 4) is 5.69 Å². The fraction of sp³-hybridized carbons (Fsp3) is 0.444. The number of carbonyl (C=O) groups is 1. The molecule has 0 spiro atoms. The van der Waals surface area contributed by atoms with Gasteiger partial charge in [-0.1, -0.05) is 18.2 Å². The Hall–Kier alpha value is -2.35. The Labute approximate surface area is 149 Å². The number of carbonyl (C=O) groups excluding carboxylic acids is 1. The quantitative estimate of drug-likeness (QED) is 0.902. The summed E-state index contributed by atoms with van der Waals surface area (Å²) in [5.41, 5.74) is 1.53. The molecular weight excluding hydrogens is 345 g/mol. The molecule has 1 aromatic heterocycles. The highest BCUT2D eigenvalue weighted by Crippen LogP contribution is 2.33. The number of para-hydroxylation sites is 1. The predicted octanol–water partition coefficient (Wildman–Crippen LogP) is 3.39. The largest absolute Gasteiger partial charge is 0.393 e. The summed E-state index contributed by atoms with van der Waals surface area (Å²) in [5.74, 6) is -1.20. The third-order valence-electron chi connectivity index (χ3n) is 4.44. The summed E-state index contributed by atoms with van der Waals surface area (Å²) >= 11 is 0. The minimum absolute atomic E-state index is 0.0639. The molecule has 0 unspecified atom stereocenters. The maximum atomic E-state index is 12.9. The number of hydrogen-bond acceptors (Lipinski definition) is 3. The van der Waals surface area contributed by atoms with Crippen LogP contribution in [0.15, 0.2) is 36.4 Å². The van der Waals surface area contributed by atoms with Crippen molar-refractivity contribution >= 4 is 11.7 Å². The molecule has 0 saturated carbocycles. The van der Waals surface area contributed by atoms with Crippen LogP contribution >= 0.6 is 0 Å². The van der Waals surface area contributed by atoms with E-state index in [0.717, 1.165) is 11.4 Å². The van der Waals surface area contributed by atoms with Gasteiger partial charge in [-0.05, 0) is 38.4 Å². The molecule has 26 heavy (non-hydrogen) atoms. The summed E-state index contributed by atoms with van der Waals surface area (Å²) in [7, 11) is 0. The fourth-order valence-corrected chi connectivity index (χ4v) is 3.21. The number of anilines is 1. The van der Waals surface area contributed by atoms with E-state index < -0.39 is 12.1 Å². The van der Waals surface area contributed by atoms with Gasteiger partial charge in [-0.25, -0.2) is 4.68 Å². The molecule has 1 amide bonds. The Morgan fingerprint density at radius 3 is 2.73 bits per heavy atom. The van der Waals surface area contributed by atoms with E-state index in [0.29, 0.717) is 18.8 Å². The van der Waals surface area contributed by atoms with Crippen molar-refractivity contribution in [1.29, 1.82) is 0 Å². The average molecular weight is 366 g/mol. The average Bonchev–Trinajstić information content (AvgIpc) is 2.95. The number of aromatic nitrogens is 2. The number of likely N-dealkylation sites (tertiary alicyclic amines) is 1. The first-order chi connectivity index (χ1) is 12.3. The number of aryl methyl sites for hydroxylation is 1. The van der Waals surface area contributed by atoms with Gasteiger partial charge in [0.2, 0.25) is 5.91 Å². The zero-order valence-corrected chi connectivity index (χ0v) is 14.5. The Kier molecular flexibility index (Phi) is 5.31. The number of piperidine rings is 1. The highest BCUT2D eigenvalue weighted by atomic mass is 19.4. The number of halogens is 3. The number of hydrogen-bond donors (Lipinski definition) is 1. The third kappa shape index (κ3) is 4.43. The van der Waals surface area contributed by atoms with E-state index in [2.05, 4.69) is 10.4 Å². The zero-order chi connectivity index (χ0) is 18.7. The van der Waals surface area contributed by atoms with Crippen LogP contribution in [0.1, 0.15) is 18.5 Å². The van der Waals surface area contributed by atoms with Gasteiger partial charge in [0.15, 0.2) is 0 Å². The highest BCUT2D eigenvalue weighted by molar-refractivity contribution is 5.91. The van der Waals surface area contributed by atoms with Crippen molar-refractivity contribution in [3.63, 3.8) is 0 Å². The van der Waals surface area contributed by atoms with Gasteiger partial charge in [-0.2, -0.15) is 18.3 Å². The predicted molar refractivity (Wildman–Crippen MR) is 92.1 cm³/mol. The van der Waals surface area contributed by atoms with Crippen molar-refractivity contribution in [3.05, 3.63) is 42.1 Å². The van der Waals surface area contributed by atoms with Crippen LogP contribution in [0.4, 0.5) is 19.0 Å². The first kappa shape index (κ1) is 18.4. The van der Waals surface area contributed by atoms with Crippen LogP contribution in [0.5, 0.6) is 0 Å². The third-order valence-corrected chi connectivity index (χ3v) is 4.44. The summed E-state index contributed by atoms with van der Waals surface area (Å²) in [6, 6.07) is 11.1. The van der Waals surface area contributed by atoms with Crippen molar-refractivity contribution in [2.24, 2.45) is 5.92 Å². The maximum Gasteiger partial charge on any atom is 0.393 e. The molecule has 1 saturated heterocycles. The minimum atomic E-state index is -4.21. The number of rotatable bonds is 4. The molecule has 1 fully saturated rings. The smallest absolute Gasteiger partial charge is 0.309 e. The summed E-state index contributed by atoms with van der Waals surface area (Å²) in [6.07, 6.45) is -3.64. The van der Waals surface area contributed by atoms with Crippen LogP contribution < -0.4 is 5.32 Å². The van der Waals surface area contributed by atoms with E-state index in [1.807, 2.05) is 37.3 Å². The zero-order valence-electron chi connectivity index (χ0n) is 14.5. The SMILES string of the molecule is Cc1cc(NC(=O)CN2CCC[C@@H](C(F)(F)F)C2)n(-c2ccccc2)n1. The van der Waals surface area contributed by atoms with Crippen LogP contribution in [0, 0.1) is 12.8 Å². The second-order valence-corrected chi connectivity index (χ2v) is 6.58. The molecule has 1 aromatic carbocycles. The lowest BCUT2D eigenvalue weighted by Crippen LogP contribution is -2.44. The monoisotopic (exact) mass is 366 g/mol. The van der Waals surface area contributed by atoms with E-state index in [1.165, 1.54) is 0 Å². The number of amides is 1. The van der Waals surface area contributed by atoms with Crippen LogP contribution in [0.25, 0.3) is 5.69 Å². The molecule has 5 nitrogen and oxygen atoms in total. The van der Waals surface area contributed by atoms with Gasteiger partial charge >= 0.3 is 6.18 Å². The van der Waals surface area contributed by atoms with E-state index >= 15 is 0 Å². The van der Waals surface area contributed by atoms with Gasteiger partial charge in [0.05, 0.1) is 23.8 Å². The summed E-state index contributed by atoms with van der Waals surface area (Å²) in [5, 5.41) is 7.13. The number of nitrogens with one attached hydrogen (secondary N) is 1. The van der Waals surface area contributed by atoms with Crippen molar-refractivity contribution < 1.29 is 18.0 Å². The molecule has 0 bridgehead atoms. The summed E-state index contributed by atoms with van der Waals surface area (Å²) in [4.78, 5) is 13.9. The first-order valence-corrected chi connectivity index (χ1v) is 8.54. The first-order valence-electron chi connectivity index (χ1n) is 8.54. The molecule has 2 aromatic rings. The maximum absolute atomic E-state index is 12.9. The molecule has 8 heteroatoms. The molecule has 1 N–H and O–H groups in total. The van der Waals surface area contributed by atoms with E-state index in [4.69, 9.17) is 0 Å². The van der Waals surface area contributed by atoms with Gasteiger partial charge in [-0.3, -0.25) is 9.69 Å². The van der Waals surface area contributed by atoms with Crippen molar-refractivity contribution in [2.45, 2.75) is 25.9 Å². The Morgan fingerprint density at radius 2 is 2.04 bits per heavy atom. The summed E-state index contributed by atoms with van der Waals surface area (Å²) in [6.45, 7) is 2.12. The number of alkyl halides is 3. The van der Waals surface area contributed by atoms with Crippen molar-refractivity contribution in [2.75, 3.05) is 25.0 Å². The molecule has 0 aliphatic carbocycles. The van der Waals surface area contributed by atoms with E-state index in [-0.39, 0.29) is 25.4 Å². The molecule has 140 valence electrons. The minimum Gasteiger partial charge on any atom is -0.309 e. The molecule has 0 radical (unpaired) electrons. The lowest BCUT2D eigenvalue weighted by atomic mass is 9.97.